The van der Waals surface area contributed by atoms with Gasteiger partial charge in [-0.1, -0.05) is 23.2 Å². The van der Waals surface area contributed by atoms with Gasteiger partial charge in [0.25, 0.3) is 0 Å². The Morgan fingerprint density at radius 3 is 2.33 bits per heavy atom. The van der Waals surface area contributed by atoms with Crippen LogP contribution in [0.15, 0.2) is 47.3 Å². The third kappa shape index (κ3) is 5.43. The summed E-state index contributed by atoms with van der Waals surface area (Å²) in [6.07, 6.45) is -7.79. The Bertz CT molecular complexity index is 1430. The number of aliphatic hydroxyl groups excluding tert-OH is 2. The summed E-state index contributed by atoms with van der Waals surface area (Å²) in [6, 6.07) is 9.38. The Morgan fingerprint density at radius 2 is 1.72 bits per heavy atom. The molecule has 190 valence electrons. The van der Waals surface area contributed by atoms with Crippen molar-refractivity contribution in [2.24, 2.45) is 0 Å². The molecule has 2 aromatic carbocycles. The summed E-state index contributed by atoms with van der Waals surface area (Å²) >= 11 is 11.8. The normalized spacial score (nSPS) is 12.8. The largest absolute Gasteiger partial charge is 0.416 e. The molecule has 0 aliphatic heterocycles. The number of hydrogen-bond acceptors (Lipinski definition) is 6. The van der Waals surface area contributed by atoms with Gasteiger partial charge in [0.1, 0.15) is 19.0 Å². The molecule has 15 heteroatoms. The van der Waals surface area contributed by atoms with Gasteiger partial charge in [0, 0.05) is 15.6 Å². The molecule has 0 bridgehead atoms. The quantitative estimate of drug-likeness (QED) is 0.344. The zero-order valence-corrected chi connectivity index (χ0v) is 19.5. The van der Waals surface area contributed by atoms with Gasteiger partial charge in [-0.05, 0) is 42.5 Å². The Hall–Kier alpha value is -3.26. The fourth-order valence-electron chi connectivity index (χ4n) is 3.36. The second-order valence-electron chi connectivity index (χ2n) is 7.58. The van der Waals surface area contributed by atoms with Crippen LogP contribution in [0.2, 0.25) is 10.0 Å². The van der Waals surface area contributed by atoms with E-state index in [1.54, 1.807) is 0 Å². The highest BCUT2D eigenvalue weighted by Crippen LogP contribution is 2.24. The summed E-state index contributed by atoms with van der Waals surface area (Å²) in [6.45, 7) is -2.11. The van der Waals surface area contributed by atoms with Gasteiger partial charge in [0.15, 0.2) is 23.6 Å². The summed E-state index contributed by atoms with van der Waals surface area (Å²) in [7, 11) is 0. The highest BCUT2D eigenvalue weighted by Gasteiger charge is 2.39. The van der Waals surface area contributed by atoms with Crippen LogP contribution in [0.4, 0.5) is 17.6 Å². The maximum absolute atomic E-state index is 13.8. The van der Waals surface area contributed by atoms with Gasteiger partial charge in [-0.3, -0.25) is 4.57 Å². The predicted molar refractivity (Wildman–Crippen MR) is 120 cm³/mol. The zero-order valence-electron chi connectivity index (χ0n) is 18.0. The second kappa shape index (κ2) is 10.0. The van der Waals surface area contributed by atoms with Crippen molar-refractivity contribution in [2.45, 2.75) is 32.0 Å². The van der Waals surface area contributed by atoms with E-state index in [1.165, 1.54) is 30.3 Å². The summed E-state index contributed by atoms with van der Waals surface area (Å²) in [4.78, 5) is 17.1. The number of nitrogens with zero attached hydrogens (tertiary/aromatic N) is 6. The first-order valence-corrected chi connectivity index (χ1v) is 10.9. The minimum Gasteiger partial charge on any atom is -0.388 e. The molecule has 4 aromatic rings. The van der Waals surface area contributed by atoms with E-state index in [0.717, 1.165) is 21.5 Å². The highest BCUT2D eigenvalue weighted by atomic mass is 35.5. The maximum atomic E-state index is 13.8. The van der Waals surface area contributed by atoms with Crippen LogP contribution in [0.1, 0.15) is 11.6 Å². The van der Waals surface area contributed by atoms with Crippen LogP contribution in [0.25, 0.3) is 17.1 Å². The minimum atomic E-state index is -4.97. The van der Waals surface area contributed by atoms with E-state index in [-0.39, 0.29) is 33.7 Å². The Kier molecular flexibility index (Phi) is 7.18. The van der Waals surface area contributed by atoms with E-state index in [2.05, 4.69) is 15.2 Å². The molecule has 0 aliphatic carbocycles. The first-order chi connectivity index (χ1) is 17.0. The molecule has 0 amide bonds. The lowest BCUT2D eigenvalue weighted by Gasteiger charge is -2.15. The monoisotopic (exact) mass is 546 g/mol. The molecular weight excluding hydrogens is 531 g/mol. The standard InChI is InChI=1S/C21H16Cl2F4N6O3/c22-12-3-1-11(2-4-12)19-30-32(20(36)31(19)8-16(35)21(25,26)27)9-17-28-18(10-34)33(29-17)15-6-13(23)5-14(24)7-15/h1-7,16,34-35H,8-10H2/t16-/m0/s1. The van der Waals surface area contributed by atoms with E-state index < -0.39 is 43.5 Å². The predicted octanol–water partition coefficient (Wildman–Crippen LogP) is 3.20. The number of aliphatic hydroxyl groups is 2. The average molecular weight is 547 g/mol. The van der Waals surface area contributed by atoms with Crippen LogP contribution in [-0.2, 0) is 19.7 Å². The highest BCUT2D eigenvalue weighted by molar-refractivity contribution is 6.31. The molecule has 2 heterocycles. The molecule has 0 aliphatic rings. The molecule has 2 aromatic heterocycles. The lowest BCUT2D eigenvalue weighted by Crippen LogP contribution is -2.37. The Labute approximate surface area is 209 Å². The third-order valence-corrected chi connectivity index (χ3v) is 5.47. The summed E-state index contributed by atoms with van der Waals surface area (Å²) in [5.74, 6) is -0.877. The van der Waals surface area contributed by atoms with Crippen LogP contribution in [-0.4, -0.2) is 51.6 Å². The molecule has 0 spiro atoms. The minimum absolute atomic E-state index is 0.00966. The smallest absolute Gasteiger partial charge is 0.388 e. The van der Waals surface area contributed by atoms with Crippen molar-refractivity contribution in [1.29, 1.82) is 0 Å². The Morgan fingerprint density at radius 1 is 1.03 bits per heavy atom. The van der Waals surface area contributed by atoms with Gasteiger partial charge in [-0.15, -0.1) is 10.2 Å². The molecule has 0 unspecified atom stereocenters. The summed E-state index contributed by atoms with van der Waals surface area (Å²) in [5.41, 5.74) is -0.552. The van der Waals surface area contributed by atoms with Crippen molar-refractivity contribution in [3.8, 4) is 17.1 Å². The van der Waals surface area contributed by atoms with E-state index in [9.17, 15) is 32.6 Å². The zero-order chi connectivity index (χ0) is 26.2. The van der Waals surface area contributed by atoms with Gasteiger partial charge < -0.3 is 10.2 Å². The molecular formula is C21H16Cl2F4N6O3. The number of aromatic nitrogens is 6. The average Bonchev–Trinajstić information content (AvgIpc) is 3.35. The number of rotatable bonds is 7. The third-order valence-electron chi connectivity index (χ3n) is 5.00. The van der Waals surface area contributed by atoms with Crippen molar-refractivity contribution in [3.05, 3.63) is 80.5 Å². The van der Waals surface area contributed by atoms with Gasteiger partial charge in [-0.25, -0.2) is 23.5 Å². The van der Waals surface area contributed by atoms with Gasteiger partial charge >= 0.3 is 11.9 Å². The maximum Gasteiger partial charge on any atom is 0.416 e. The van der Waals surface area contributed by atoms with E-state index in [4.69, 9.17) is 23.2 Å². The van der Waals surface area contributed by atoms with Gasteiger partial charge in [-0.2, -0.15) is 13.2 Å². The van der Waals surface area contributed by atoms with E-state index in [1.807, 2.05) is 0 Å². The number of halogens is 6. The van der Waals surface area contributed by atoms with Crippen molar-refractivity contribution in [3.63, 3.8) is 0 Å². The molecule has 2 N–H and O–H groups in total. The van der Waals surface area contributed by atoms with Crippen LogP contribution >= 0.6 is 23.2 Å². The van der Waals surface area contributed by atoms with Crippen molar-refractivity contribution in [2.75, 3.05) is 0 Å². The van der Waals surface area contributed by atoms with Crippen molar-refractivity contribution < 1.29 is 27.8 Å². The van der Waals surface area contributed by atoms with Crippen LogP contribution in [0, 0.1) is 5.82 Å². The summed E-state index contributed by atoms with van der Waals surface area (Å²) in [5, 5.41) is 27.9. The molecule has 0 fully saturated rings. The van der Waals surface area contributed by atoms with Crippen LogP contribution in [0.3, 0.4) is 0 Å². The molecule has 0 radical (unpaired) electrons. The van der Waals surface area contributed by atoms with Crippen molar-refractivity contribution >= 4 is 23.2 Å². The first-order valence-electron chi connectivity index (χ1n) is 10.2. The lowest BCUT2D eigenvalue weighted by atomic mass is 10.2. The molecule has 0 saturated carbocycles. The number of alkyl halides is 3. The van der Waals surface area contributed by atoms with Gasteiger partial charge in [0.05, 0.1) is 12.2 Å². The first kappa shape index (κ1) is 25.8. The lowest BCUT2D eigenvalue weighted by molar-refractivity contribution is -0.207. The fourth-order valence-corrected chi connectivity index (χ4v) is 3.70. The van der Waals surface area contributed by atoms with Crippen LogP contribution < -0.4 is 5.69 Å². The molecule has 1 atom stereocenters. The van der Waals surface area contributed by atoms with E-state index in [0.29, 0.717) is 9.59 Å². The fraction of sp³-hybridized carbons (Fsp3) is 0.238. The number of hydrogen-bond donors (Lipinski definition) is 2. The molecule has 36 heavy (non-hydrogen) atoms. The number of benzene rings is 2. The van der Waals surface area contributed by atoms with Crippen LogP contribution in [0.5, 0.6) is 0 Å². The van der Waals surface area contributed by atoms with Crippen molar-refractivity contribution in [1.82, 2.24) is 29.1 Å². The SMILES string of the molecule is O=c1n(Cc2nc(CO)n(-c3cc(F)cc(Cl)c3)n2)nc(-c2ccc(Cl)cc2)n1C[C@H](O)C(F)(F)F. The second-order valence-corrected chi connectivity index (χ2v) is 8.45. The van der Waals surface area contributed by atoms with Gasteiger partial charge in [0.2, 0.25) is 0 Å². The summed E-state index contributed by atoms with van der Waals surface area (Å²) < 4.78 is 55.5. The topological polar surface area (TPSA) is 111 Å². The molecule has 9 nitrogen and oxygen atoms in total. The molecule has 0 saturated heterocycles. The molecule has 4 rings (SSSR count). The van der Waals surface area contributed by atoms with E-state index >= 15 is 0 Å². The Balaban J connectivity index is 1.75.